The van der Waals surface area contributed by atoms with Gasteiger partial charge in [-0.15, -0.1) is 11.3 Å². The van der Waals surface area contributed by atoms with E-state index in [-0.39, 0.29) is 0 Å². The molecule has 0 radical (unpaired) electrons. The third-order valence-electron chi connectivity index (χ3n) is 3.43. The van der Waals surface area contributed by atoms with Crippen molar-refractivity contribution >= 4 is 57.1 Å². The number of rotatable bonds is 7. The molecular formula is C19H17IN4O3S. The van der Waals surface area contributed by atoms with Crippen LogP contribution in [0.4, 0.5) is 10.9 Å². The molecule has 0 atom stereocenters. The molecule has 2 aromatic carbocycles. The number of nitrogens with zero attached hydrogens (tertiary/aromatic N) is 2. The first kappa shape index (κ1) is 20.1. The van der Waals surface area contributed by atoms with Gasteiger partial charge in [0.15, 0.2) is 11.5 Å². The van der Waals surface area contributed by atoms with Gasteiger partial charge in [0.1, 0.15) is 5.82 Å². The number of hydrogen-bond donors (Lipinski definition) is 2. The number of nitrogens with one attached hydrogen (secondary N) is 1. The zero-order valence-electron chi connectivity index (χ0n) is 14.9. The molecule has 3 N–H and O–H groups in total. The molecule has 7 nitrogen and oxygen atoms in total. The summed E-state index contributed by atoms with van der Waals surface area (Å²) in [6.45, 7) is 2.30. The van der Waals surface area contributed by atoms with Gasteiger partial charge < -0.3 is 15.2 Å². The monoisotopic (exact) mass is 508 g/mol. The minimum atomic E-state index is -0.441. The molecule has 0 aliphatic carbocycles. The molecule has 0 amide bonds. The summed E-state index contributed by atoms with van der Waals surface area (Å²) in [5.74, 6) is 0.858. The summed E-state index contributed by atoms with van der Waals surface area (Å²) in [4.78, 5) is 16.5. The smallest absolute Gasteiger partial charge is 0.343 e. The molecule has 3 rings (SSSR count). The highest BCUT2D eigenvalue weighted by Crippen LogP contribution is 2.34. The largest absolute Gasteiger partial charge is 0.490 e. The third kappa shape index (κ3) is 5.20. The number of hydrogen-bond acceptors (Lipinski definition) is 8. The van der Waals surface area contributed by atoms with Crippen molar-refractivity contribution in [3.05, 3.63) is 62.5 Å². The number of esters is 1. The number of nitrogens with two attached hydrogens (primary N) is 1. The van der Waals surface area contributed by atoms with Crippen molar-refractivity contribution in [1.29, 1.82) is 0 Å². The van der Waals surface area contributed by atoms with Crippen LogP contribution in [0.25, 0.3) is 0 Å². The topological polar surface area (TPSA) is 98.8 Å². The lowest BCUT2D eigenvalue weighted by Crippen LogP contribution is -2.11. The highest BCUT2D eigenvalue weighted by molar-refractivity contribution is 14.1. The highest BCUT2D eigenvalue weighted by atomic mass is 127. The second-order valence-corrected chi connectivity index (χ2v) is 7.49. The highest BCUT2D eigenvalue weighted by Gasteiger charge is 2.17. The summed E-state index contributed by atoms with van der Waals surface area (Å²) in [6.07, 6.45) is 1.63. The minimum Gasteiger partial charge on any atom is -0.490 e. The Morgan fingerprint density at radius 1 is 1.36 bits per heavy atom. The van der Waals surface area contributed by atoms with E-state index in [9.17, 15) is 4.79 Å². The standard InChI is InChI=1S/C19H17IN4O3S/c1-2-26-15-9-12(10-22-24-19-23-16(21)11-28-19)8-14(20)17(15)27-18(25)13-6-4-3-5-7-13/h3-11H,2,21H2,1H3,(H,23,24). The van der Waals surface area contributed by atoms with Gasteiger partial charge >= 0.3 is 5.97 Å². The Morgan fingerprint density at radius 2 is 2.14 bits per heavy atom. The Hall–Kier alpha value is -2.66. The van der Waals surface area contributed by atoms with E-state index in [0.29, 0.717) is 34.6 Å². The van der Waals surface area contributed by atoms with E-state index in [4.69, 9.17) is 15.2 Å². The molecule has 1 aromatic heterocycles. The van der Waals surface area contributed by atoms with E-state index < -0.39 is 5.97 Å². The normalized spacial score (nSPS) is 10.8. The van der Waals surface area contributed by atoms with E-state index in [0.717, 1.165) is 9.13 Å². The van der Waals surface area contributed by atoms with Gasteiger partial charge in [-0.3, -0.25) is 5.43 Å². The Kier molecular flexibility index (Phi) is 6.82. The Morgan fingerprint density at radius 3 is 2.82 bits per heavy atom. The summed E-state index contributed by atoms with van der Waals surface area (Å²) in [6, 6.07) is 12.4. The van der Waals surface area contributed by atoms with Gasteiger partial charge in [0.05, 0.1) is 22.0 Å². The van der Waals surface area contributed by atoms with Gasteiger partial charge in [-0.25, -0.2) is 9.78 Å². The molecule has 0 aliphatic heterocycles. The van der Waals surface area contributed by atoms with E-state index >= 15 is 0 Å². The van der Waals surface area contributed by atoms with Crippen molar-refractivity contribution in [2.24, 2.45) is 5.10 Å². The van der Waals surface area contributed by atoms with Crippen molar-refractivity contribution in [1.82, 2.24) is 4.98 Å². The summed E-state index contributed by atoms with van der Waals surface area (Å²) in [7, 11) is 0. The molecule has 0 fully saturated rings. The molecule has 0 aliphatic rings. The van der Waals surface area contributed by atoms with Crippen LogP contribution in [0.2, 0.25) is 0 Å². The number of carbonyl (C=O) groups excluding carboxylic acids is 1. The number of hydrazone groups is 1. The van der Waals surface area contributed by atoms with Crippen LogP contribution in [0.1, 0.15) is 22.8 Å². The number of anilines is 2. The van der Waals surface area contributed by atoms with E-state index in [1.54, 1.807) is 41.9 Å². The number of nitrogen functional groups attached to an aromatic ring is 1. The van der Waals surface area contributed by atoms with Crippen LogP contribution in [0.15, 0.2) is 52.9 Å². The molecular weight excluding hydrogens is 491 g/mol. The molecule has 1 heterocycles. The van der Waals surface area contributed by atoms with Crippen LogP contribution < -0.4 is 20.6 Å². The number of benzene rings is 2. The first-order valence-corrected chi connectivity index (χ1v) is 10.3. The summed E-state index contributed by atoms with van der Waals surface area (Å²) >= 11 is 3.47. The summed E-state index contributed by atoms with van der Waals surface area (Å²) in [5.41, 5.74) is 9.66. The predicted octanol–water partition coefficient (Wildman–Crippen LogP) is 4.39. The maximum atomic E-state index is 12.4. The van der Waals surface area contributed by atoms with Crippen LogP contribution in [0.5, 0.6) is 11.5 Å². The number of halogens is 1. The zero-order chi connectivity index (χ0) is 19.9. The van der Waals surface area contributed by atoms with Crippen LogP contribution in [-0.4, -0.2) is 23.8 Å². The Balaban J connectivity index is 1.80. The van der Waals surface area contributed by atoms with Gasteiger partial charge in [0, 0.05) is 5.38 Å². The molecule has 9 heteroatoms. The maximum Gasteiger partial charge on any atom is 0.343 e. The van der Waals surface area contributed by atoms with Crippen LogP contribution >= 0.6 is 33.9 Å². The maximum absolute atomic E-state index is 12.4. The first-order valence-electron chi connectivity index (χ1n) is 8.30. The van der Waals surface area contributed by atoms with Crippen LogP contribution in [0.3, 0.4) is 0 Å². The van der Waals surface area contributed by atoms with Crippen molar-refractivity contribution in [2.75, 3.05) is 17.8 Å². The number of carbonyl (C=O) groups is 1. The molecule has 144 valence electrons. The lowest BCUT2D eigenvalue weighted by molar-refractivity contribution is 0.0727. The summed E-state index contributed by atoms with van der Waals surface area (Å²) in [5, 5.41) is 6.48. The lowest BCUT2D eigenvalue weighted by Gasteiger charge is -2.13. The molecule has 28 heavy (non-hydrogen) atoms. The van der Waals surface area contributed by atoms with Gasteiger partial charge in [-0.2, -0.15) is 5.10 Å². The molecule has 0 spiro atoms. The SMILES string of the molecule is CCOc1cc(C=NNc2nc(N)cs2)cc(I)c1OC(=O)c1ccccc1. The lowest BCUT2D eigenvalue weighted by atomic mass is 10.2. The Bertz CT molecular complexity index is 992. The van der Waals surface area contributed by atoms with Crippen molar-refractivity contribution in [3.8, 4) is 11.5 Å². The average molecular weight is 508 g/mol. The van der Waals surface area contributed by atoms with Crippen LogP contribution in [-0.2, 0) is 0 Å². The molecule has 0 bridgehead atoms. The molecule has 0 saturated carbocycles. The molecule has 3 aromatic rings. The molecule has 0 unspecified atom stereocenters. The second kappa shape index (κ2) is 9.51. The quantitative estimate of drug-likeness (QED) is 0.162. The van der Waals surface area contributed by atoms with E-state index in [1.807, 2.05) is 19.1 Å². The number of ether oxygens (including phenoxy) is 2. The van der Waals surface area contributed by atoms with Gasteiger partial charge in [0.25, 0.3) is 0 Å². The second-order valence-electron chi connectivity index (χ2n) is 5.47. The number of thiazole rings is 1. The fourth-order valence-corrected chi connectivity index (χ4v) is 3.53. The third-order valence-corrected chi connectivity index (χ3v) is 5.00. The zero-order valence-corrected chi connectivity index (χ0v) is 17.9. The van der Waals surface area contributed by atoms with Crippen molar-refractivity contribution < 1.29 is 14.3 Å². The minimum absolute atomic E-state index is 0.383. The number of aromatic nitrogens is 1. The Labute approximate surface area is 179 Å². The van der Waals surface area contributed by atoms with E-state index in [2.05, 4.69) is 38.1 Å². The average Bonchev–Trinajstić information content (AvgIpc) is 3.10. The fraction of sp³-hybridized carbons (Fsp3) is 0.105. The van der Waals surface area contributed by atoms with Crippen LogP contribution in [0, 0.1) is 3.57 Å². The van der Waals surface area contributed by atoms with Gasteiger partial charge in [-0.1, -0.05) is 18.2 Å². The summed E-state index contributed by atoms with van der Waals surface area (Å²) < 4.78 is 12.0. The van der Waals surface area contributed by atoms with Gasteiger partial charge in [-0.05, 0) is 59.3 Å². The van der Waals surface area contributed by atoms with E-state index in [1.165, 1.54) is 11.3 Å². The molecule has 0 saturated heterocycles. The van der Waals surface area contributed by atoms with Crippen molar-refractivity contribution in [3.63, 3.8) is 0 Å². The first-order chi connectivity index (χ1) is 13.6. The fourth-order valence-electron chi connectivity index (χ4n) is 2.25. The van der Waals surface area contributed by atoms with Gasteiger partial charge in [0.2, 0.25) is 5.13 Å². The predicted molar refractivity (Wildman–Crippen MR) is 119 cm³/mol. The van der Waals surface area contributed by atoms with Crippen molar-refractivity contribution in [2.45, 2.75) is 6.92 Å².